The summed E-state index contributed by atoms with van der Waals surface area (Å²) < 4.78 is 19.7. The van der Waals surface area contributed by atoms with E-state index in [1.165, 1.54) is 23.8 Å². The fraction of sp³-hybridized carbons (Fsp3) is 0.0800. The lowest BCUT2D eigenvalue weighted by atomic mass is 10.2. The zero-order chi connectivity index (χ0) is 24.8. The van der Waals surface area contributed by atoms with Gasteiger partial charge in [0.05, 0.1) is 11.6 Å². The van der Waals surface area contributed by atoms with E-state index in [-0.39, 0.29) is 15.0 Å². The van der Waals surface area contributed by atoms with Gasteiger partial charge in [0.2, 0.25) is 0 Å². The van der Waals surface area contributed by atoms with Gasteiger partial charge in [-0.05, 0) is 60.2 Å². The van der Waals surface area contributed by atoms with Gasteiger partial charge in [-0.25, -0.2) is 4.39 Å². The van der Waals surface area contributed by atoms with Crippen molar-refractivity contribution in [1.82, 2.24) is 16.2 Å². The van der Waals surface area contributed by atoms with Crippen LogP contribution < -0.4 is 20.9 Å². The van der Waals surface area contributed by atoms with Gasteiger partial charge in [0.15, 0.2) is 5.11 Å². The lowest BCUT2D eigenvalue weighted by molar-refractivity contribution is 0.0938. The first-order valence-electron chi connectivity index (χ1n) is 10.5. The minimum atomic E-state index is -0.565. The summed E-state index contributed by atoms with van der Waals surface area (Å²) in [5, 5.41) is 3.17. The van der Waals surface area contributed by atoms with Gasteiger partial charge in [0.1, 0.15) is 16.4 Å². The fourth-order valence-electron chi connectivity index (χ4n) is 3.20. The third kappa shape index (κ3) is 6.33. The molecule has 0 saturated carbocycles. The molecule has 1 aromatic heterocycles. The summed E-state index contributed by atoms with van der Waals surface area (Å²) in [6, 6.07) is 20.7. The van der Waals surface area contributed by atoms with E-state index in [0.717, 1.165) is 17.8 Å². The number of thiophene rings is 1. The third-order valence-electron chi connectivity index (χ3n) is 4.93. The molecule has 0 bridgehead atoms. The SMILES string of the molecule is O=C(NC(=S)NNC(=O)c1sc2cc(F)ccc2c1Cl)c1ccc(OCCc2ccccc2)cc1. The van der Waals surface area contributed by atoms with E-state index in [1.54, 1.807) is 24.3 Å². The second-order valence-corrected chi connectivity index (χ2v) is 9.19. The van der Waals surface area contributed by atoms with Crippen LogP contribution in [0.5, 0.6) is 5.75 Å². The van der Waals surface area contributed by atoms with Gasteiger partial charge in [0, 0.05) is 22.1 Å². The van der Waals surface area contributed by atoms with Crippen LogP contribution in [0.25, 0.3) is 10.1 Å². The number of amides is 2. The molecule has 3 N–H and O–H groups in total. The Morgan fingerprint density at radius 1 is 0.971 bits per heavy atom. The number of rotatable bonds is 6. The Morgan fingerprint density at radius 2 is 1.71 bits per heavy atom. The van der Waals surface area contributed by atoms with Crippen molar-refractivity contribution in [2.24, 2.45) is 0 Å². The lowest BCUT2D eigenvalue weighted by Gasteiger charge is -2.11. The number of hydrogen-bond donors (Lipinski definition) is 3. The molecule has 4 aromatic rings. The molecule has 35 heavy (non-hydrogen) atoms. The summed E-state index contributed by atoms with van der Waals surface area (Å²) in [6.07, 6.45) is 0.776. The minimum Gasteiger partial charge on any atom is -0.493 e. The number of halogens is 2. The monoisotopic (exact) mass is 527 g/mol. The normalized spacial score (nSPS) is 10.6. The number of hydrazine groups is 1. The van der Waals surface area contributed by atoms with Crippen molar-refractivity contribution in [3.05, 3.63) is 99.6 Å². The Kier molecular flexibility index (Phi) is 7.91. The number of ether oxygens (including phenoxy) is 1. The topological polar surface area (TPSA) is 79.5 Å². The van der Waals surface area contributed by atoms with Crippen molar-refractivity contribution in [2.45, 2.75) is 6.42 Å². The van der Waals surface area contributed by atoms with E-state index >= 15 is 0 Å². The van der Waals surface area contributed by atoms with Gasteiger partial charge in [-0.15, -0.1) is 11.3 Å². The first-order valence-corrected chi connectivity index (χ1v) is 12.1. The average Bonchev–Trinajstić information content (AvgIpc) is 3.19. The van der Waals surface area contributed by atoms with Gasteiger partial charge in [-0.1, -0.05) is 41.9 Å². The van der Waals surface area contributed by atoms with E-state index < -0.39 is 17.6 Å². The van der Waals surface area contributed by atoms with Crippen LogP contribution in [-0.4, -0.2) is 23.5 Å². The Labute approximate surface area is 215 Å². The molecule has 1 heterocycles. The van der Waals surface area contributed by atoms with E-state index in [9.17, 15) is 14.0 Å². The summed E-state index contributed by atoms with van der Waals surface area (Å²) in [5.74, 6) is -0.796. The molecule has 0 unspecified atom stereocenters. The molecular formula is C25H19ClFN3O3S2. The Hall–Kier alpha value is -3.53. The number of carbonyl (C=O) groups is 2. The number of carbonyl (C=O) groups excluding carboxylic acids is 2. The second-order valence-electron chi connectivity index (χ2n) is 7.36. The Balaban J connectivity index is 1.25. The zero-order valence-corrected chi connectivity index (χ0v) is 20.5. The number of nitrogens with one attached hydrogen (secondary N) is 3. The van der Waals surface area contributed by atoms with Crippen LogP contribution in [-0.2, 0) is 6.42 Å². The Bertz CT molecular complexity index is 1380. The minimum absolute atomic E-state index is 0.102. The van der Waals surface area contributed by atoms with Crippen molar-refractivity contribution in [1.29, 1.82) is 0 Å². The summed E-state index contributed by atoms with van der Waals surface area (Å²) in [6.45, 7) is 0.516. The first kappa shape index (κ1) is 24.6. The molecule has 0 aliphatic rings. The molecular weight excluding hydrogens is 509 g/mol. The van der Waals surface area contributed by atoms with Crippen LogP contribution in [0.1, 0.15) is 25.6 Å². The predicted molar refractivity (Wildman–Crippen MR) is 140 cm³/mol. The summed E-state index contributed by atoms with van der Waals surface area (Å²) in [5.41, 5.74) is 6.40. The third-order valence-corrected chi connectivity index (χ3v) is 6.79. The van der Waals surface area contributed by atoms with Crippen molar-refractivity contribution in [3.8, 4) is 5.75 Å². The highest BCUT2D eigenvalue weighted by atomic mass is 35.5. The number of fused-ring (bicyclic) bond motifs is 1. The molecule has 10 heteroatoms. The Morgan fingerprint density at radius 3 is 2.46 bits per heavy atom. The molecule has 6 nitrogen and oxygen atoms in total. The number of benzene rings is 3. The van der Waals surface area contributed by atoms with Crippen LogP contribution >= 0.6 is 35.2 Å². The summed E-state index contributed by atoms with van der Waals surface area (Å²) in [7, 11) is 0. The molecule has 4 rings (SSSR count). The average molecular weight is 528 g/mol. The van der Waals surface area contributed by atoms with Gasteiger partial charge >= 0.3 is 0 Å². The molecule has 0 spiro atoms. The number of hydrogen-bond acceptors (Lipinski definition) is 5. The van der Waals surface area contributed by atoms with Gasteiger partial charge < -0.3 is 4.74 Å². The molecule has 0 radical (unpaired) electrons. The molecule has 0 aliphatic carbocycles. The maximum absolute atomic E-state index is 13.4. The van der Waals surface area contributed by atoms with E-state index in [4.69, 9.17) is 28.6 Å². The first-order chi connectivity index (χ1) is 16.9. The van der Waals surface area contributed by atoms with Crippen molar-refractivity contribution in [2.75, 3.05) is 6.61 Å². The van der Waals surface area contributed by atoms with Crippen LogP contribution in [0.2, 0.25) is 5.02 Å². The van der Waals surface area contributed by atoms with E-state index in [0.29, 0.717) is 28.0 Å². The molecule has 0 fully saturated rings. The fourth-order valence-corrected chi connectivity index (χ4v) is 4.78. The number of thiocarbonyl (C=S) groups is 1. The second kappa shape index (κ2) is 11.3. The highest BCUT2D eigenvalue weighted by Gasteiger charge is 2.18. The molecule has 0 saturated heterocycles. The van der Waals surface area contributed by atoms with Crippen LogP contribution in [0.15, 0.2) is 72.8 Å². The summed E-state index contributed by atoms with van der Waals surface area (Å²) >= 11 is 12.4. The van der Waals surface area contributed by atoms with Crippen molar-refractivity contribution >= 4 is 62.2 Å². The molecule has 0 atom stereocenters. The standard InChI is InChI=1S/C25H19ClFN3O3S2/c26-21-19-11-8-17(27)14-20(19)35-22(21)24(32)29-30-25(34)28-23(31)16-6-9-18(10-7-16)33-13-12-15-4-2-1-3-5-15/h1-11,14H,12-13H2,(H,29,32)(H2,28,30,31,34). The van der Waals surface area contributed by atoms with Crippen LogP contribution in [0.3, 0.4) is 0 Å². The maximum Gasteiger partial charge on any atom is 0.281 e. The van der Waals surface area contributed by atoms with E-state index in [2.05, 4.69) is 16.2 Å². The molecule has 0 aliphatic heterocycles. The van der Waals surface area contributed by atoms with Crippen molar-refractivity contribution < 1.29 is 18.7 Å². The zero-order valence-electron chi connectivity index (χ0n) is 18.1. The predicted octanol–water partition coefficient (Wildman–Crippen LogP) is 5.26. The van der Waals surface area contributed by atoms with Gasteiger partial charge in [-0.3, -0.25) is 25.8 Å². The molecule has 3 aromatic carbocycles. The quantitative estimate of drug-likeness (QED) is 0.235. The van der Waals surface area contributed by atoms with Gasteiger partial charge in [0.25, 0.3) is 11.8 Å². The van der Waals surface area contributed by atoms with Crippen LogP contribution in [0.4, 0.5) is 4.39 Å². The van der Waals surface area contributed by atoms with E-state index in [1.807, 2.05) is 30.3 Å². The summed E-state index contributed by atoms with van der Waals surface area (Å²) in [4.78, 5) is 25.1. The van der Waals surface area contributed by atoms with Gasteiger partial charge in [-0.2, -0.15) is 0 Å². The largest absolute Gasteiger partial charge is 0.493 e. The smallest absolute Gasteiger partial charge is 0.281 e. The van der Waals surface area contributed by atoms with Crippen molar-refractivity contribution in [3.63, 3.8) is 0 Å². The molecule has 2 amide bonds. The lowest BCUT2D eigenvalue weighted by Crippen LogP contribution is -2.48. The van der Waals surface area contributed by atoms with Crippen LogP contribution in [0, 0.1) is 5.82 Å². The molecule has 178 valence electrons. The highest BCUT2D eigenvalue weighted by molar-refractivity contribution is 7.80. The highest BCUT2D eigenvalue weighted by Crippen LogP contribution is 2.35. The maximum atomic E-state index is 13.4.